The Balaban J connectivity index is 3.10. The van der Waals surface area contributed by atoms with Gasteiger partial charge in [0.2, 0.25) is 15.9 Å². The van der Waals surface area contributed by atoms with Crippen molar-refractivity contribution in [3.05, 3.63) is 24.3 Å². The molecule has 0 saturated heterocycles. The first kappa shape index (κ1) is 13.5. The molecule has 0 atom stereocenters. The highest BCUT2D eigenvalue weighted by molar-refractivity contribution is 7.89. The van der Waals surface area contributed by atoms with Crippen LogP contribution in [-0.2, 0) is 14.8 Å². The fourth-order valence-corrected chi connectivity index (χ4v) is 2.52. The Morgan fingerprint density at radius 1 is 1.41 bits per heavy atom. The van der Waals surface area contributed by atoms with E-state index in [2.05, 4.69) is 4.72 Å². The second-order valence-corrected chi connectivity index (χ2v) is 5.77. The predicted molar refractivity (Wildman–Crippen MR) is 61.7 cm³/mol. The van der Waals surface area contributed by atoms with Crippen LogP contribution in [0.1, 0.15) is 13.8 Å². The van der Waals surface area contributed by atoms with E-state index in [1.807, 2.05) is 0 Å². The van der Waals surface area contributed by atoms with Gasteiger partial charge in [-0.25, -0.2) is 8.42 Å². The number of carbonyl (C=O) groups excluding carboxylic acids is 1. The van der Waals surface area contributed by atoms with Gasteiger partial charge in [-0.15, -0.1) is 0 Å². The first-order valence-electron chi connectivity index (χ1n) is 4.78. The maximum Gasteiger partial charge on any atom is 0.241 e. The minimum absolute atomic E-state index is 0.133. The van der Waals surface area contributed by atoms with E-state index in [4.69, 9.17) is 5.73 Å². The molecule has 6 nitrogen and oxygen atoms in total. The van der Waals surface area contributed by atoms with Crippen molar-refractivity contribution in [2.45, 2.75) is 24.3 Å². The number of rotatable bonds is 4. The first-order valence-corrected chi connectivity index (χ1v) is 6.26. The number of phenols is 1. The van der Waals surface area contributed by atoms with Crippen LogP contribution in [0.2, 0.25) is 0 Å². The number of aromatic hydroxyl groups is 1. The molecule has 0 saturated carbocycles. The molecule has 0 fully saturated rings. The topological polar surface area (TPSA) is 109 Å². The zero-order valence-corrected chi connectivity index (χ0v) is 10.3. The normalized spacial score (nSPS) is 12.4. The van der Waals surface area contributed by atoms with Crippen LogP contribution in [0.5, 0.6) is 5.75 Å². The lowest BCUT2D eigenvalue weighted by atomic mass is 10.1. The van der Waals surface area contributed by atoms with Crippen LogP contribution in [0.25, 0.3) is 0 Å². The molecular weight excluding hydrogens is 244 g/mol. The summed E-state index contributed by atoms with van der Waals surface area (Å²) in [6.45, 7) is 2.71. The number of primary amides is 1. The Hall–Kier alpha value is -1.60. The SMILES string of the molecule is CC(C)(NS(=O)(=O)c1cccc(O)c1)C(N)=O. The van der Waals surface area contributed by atoms with Crippen LogP contribution in [0.3, 0.4) is 0 Å². The quantitative estimate of drug-likeness (QED) is 0.702. The number of sulfonamides is 1. The summed E-state index contributed by atoms with van der Waals surface area (Å²) in [7, 11) is -3.90. The molecule has 0 spiro atoms. The standard InChI is InChI=1S/C10H14N2O4S/c1-10(2,9(11)14)12-17(15,16)8-5-3-4-7(13)6-8/h3-6,12-13H,1-2H3,(H2,11,14). The van der Waals surface area contributed by atoms with Crippen molar-refractivity contribution in [3.63, 3.8) is 0 Å². The first-order chi connectivity index (χ1) is 7.65. The third kappa shape index (κ3) is 3.18. The minimum atomic E-state index is -3.90. The van der Waals surface area contributed by atoms with Crippen LogP contribution in [0, 0.1) is 0 Å². The molecule has 1 aromatic rings. The molecule has 1 amide bonds. The highest BCUT2D eigenvalue weighted by Gasteiger charge is 2.31. The van der Waals surface area contributed by atoms with E-state index >= 15 is 0 Å². The maximum absolute atomic E-state index is 11.9. The summed E-state index contributed by atoms with van der Waals surface area (Å²) in [6, 6.07) is 5.12. The molecule has 0 aliphatic carbocycles. The highest BCUT2D eigenvalue weighted by atomic mass is 32.2. The second-order valence-electron chi connectivity index (χ2n) is 4.09. The van der Waals surface area contributed by atoms with Gasteiger partial charge < -0.3 is 10.8 Å². The van der Waals surface area contributed by atoms with Gasteiger partial charge in [-0.2, -0.15) is 4.72 Å². The molecule has 94 valence electrons. The minimum Gasteiger partial charge on any atom is -0.508 e. The van der Waals surface area contributed by atoms with Crippen molar-refractivity contribution in [3.8, 4) is 5.75 Å². The number of nitrogens with one attached hydrogen (secondary N) is 1. The van der Waals surface area contributed by atoms with Crippen LogP contribution in [-0.4, -0.2) is 25.0 Å². The summed E-state index contributed by atoms with van der Waals surface area (Å²) in [6.07, 6.45) is 0. The molecule has 1 rings (SSSR count). The molecule has 0 aliphatic rings. The molecule has 4 N–H and O–H groups in total. The van der Waals surface area contributed by atoms with E-state index in [0.29, 0.717) is 0 Å². The Bertz CT molecular complexity index is 537. The van der Waals surface area contributed by atoms with Gasteiger partial charge in [-0.05, 0) is 32.0 Å². The molecule has 1 aromatic carbocycles. The lowest BCUT2D eigenvalue weighted by Crippen LogP contribution is -2.52. The van der Waals surface area contributed by atoms with Crippen molar-refractivity contribution >= 4 is 15.9 Å². The monoisotopic (exact) mass is 258 g/mol. The third-order valence-corrected chi connectivity index (χ3v) is 3.79. The maximum atomic E-state index is 11.9. The third-order valence-electron chi connectivity index (χ3n) is 2.13. The Labute approximate surface area is 99.5 Å². The van der Waals surface area contributed by atoms with Gasteiger partial charge in [0.25, 0.3) is 0 Å². The van der Waals surface area contributed by atoms with Crippen molar-refractivity contribution in [2.75, 3.05) is 0 Å². The molecule has 0 aliphatic heterocycles. The predicted octanol–water partition coefficient (Wildman–Crippen LogP) is -0.0656. The molecule has 0 heterocycles. The van der Waals surface area contributed by atoms with E-state index in [1.54, 1.807) is 0 Å². The molecule has 7 heteroatoms. The number of carbonyl (C=O) groups is 1. The van der Waals surface area contributed by atoms with E-state index in [-0.39, 0.29) is 10.6 Å². The molecule has 0 aromatic heterocycles. The number of nitrogens with two attached hydrogens (primary N) is 1. The molecule has 17 heavy (non-hydrogen) atoms. The van der Waals surface area contributed by atoms with Crippen molar-refractivity contribution < 1.29 is 18.3 Å². The summed E-state index contributed by atoms with van der Waals surface area (Å²) >= 11 is 0. The summed E-state index contributed by atoms with van der Waals surface area (Å²) < 4.78 is 25.9. The van der Waals surface area contributed by atoms with Crippen molar-refractivity contribution in [1.82, 2.24) is 4.72 Å². The number of hydrogen-bond donors (Lipinski definition) is 3. The fourth-order valence-electron chi connectivity index (χ4n) is 1.10. The Kier molecular flexibility index (Phi) is 3.44. The Morgan fingerprint density at radius 3 is 2.47 bits per heavy atom. The van der Waals surface area contributed by atoms with Crippen LogP contribution in [0.4, 0.5) is 0 Å². The average Bonchev–Trinajstić information content (AvgIpc) is 2.15. The molecular formula is C10H14N2O4S. The van der Waals surface area contributed by atoms with Gasteiger partial charge in [0.05, 0.1) is 4.90 Å². The average molecular weight is 258 g/mol. The molecule has 0 unspecified atom stereocenters. The largest absolute Gasteiger partial charge is 0.508 e. The lowest BCUT2D eigenvalue weighted by Gasteiger charge is -2.21. The number of hydrogen-bond acceptors (Lipinski definition) is 4. The van der Waals surface area contributed by atoms with Gasteiger partial charge >= 0.3 is 0 Å². The van der Waals surface area contributed by atoms with E-state index < -0.39 is 21.5 Å². The molecule has 0 radical (unpaired) electrons. The Morgan fingerprint density at radius 2 is 2.00 bits per heavy atom. The van der Waals surface area contributed by atoms with E-state index in [1.165, 1.54) is 32.0 Å². The van der Waals surface area contributed by atoms with Crippen molar-refractivity contribution in [1.29, 1.82) is 0 Å². The summed E-state index contributed by atoms with van der Waals surface area (Å²) in [5.74, 6) is -0.967. The summed E-state index contributed by atoms with van der Waals surface area (Å²) in [4.78, 5) is 10.9. The van der Waals surface area contributed by atoms with Gasteiger partial charge in [0, 0.05) is 0 Å². The van der Waals surface area contributed by atoms with Crippen LogP contribution in [0.15, 0.2) is 29.2 Å². The van der Waals surface area contributed by atoms with Gasteiger partial charge in [0.1, 0.15) is 11.3 Å². The second kappa shape index (κ2) is 4.34. The lowest BCUT2D eigenvalue weighted by molar-refractivity contribution is -0.122. The number of amides is 1. The summed E-state index contributed by atoms with van der Waals surface area (Å²) in [5.41, 5.74) is 3.67. The van der Waals surface area contributed by atoms with Gasteiger partial charge in [-0.1, -0.05) is 6.07 Å². The smallest absolute Gasteiger partial charge is 0.241 e. The van der Waals surface area contributed by atoms with Crippen LogP contribution < -0.4 is 10.5 Å². The van der Waals surface area contributed by atoms with Crippen molar-refractivity contribution in [2.24, 2.45) is 5.73 Å². The van der Waals surface area contributed by atoms with Gasteiger partial charge in [0.15, 0.2) is 0 Å². The highest BCUT2D eigenvalue weighted by Crippen LogP contribution is 2.17. The number of phenolic OH excluding ortho intramolecular Hbond substituents is 1. The van der Waals surface area contributed by atoms with E-state index in [9.17, 15) is 18.3 Å². The molecule has 0 bridgehead atoms. The summed E-state index contributed by atoms with van der Waals surface area (Å²) in [5, 5.41) is 9.20. The van der Waals surface area contributed by atoms with E-state index in [0.717, 1.165) is 6.07 Å². The van der Waals surface area contributed by atoms with Gasteiger partial charge in [-0.3, -0.25) is 4.79 Å². The zero-order chi connectivity index (χ0) is 13.3. The number of benzene rings is 1. The zero-order valence-electron chi connectivity index (χ0n) is 9.47. The van der Waals surface area contributed by atoms with Crippen LogP contribution >= 0.6 is 0 Å². The fraction of sp³-hybridized carbons (Fsp3) is 0.300.